The van der Waals surface area contributed by atoms with Crippen LogP contribution in [0.1, 0.15) is 17.8 Å². The first-order valence-corrected chi connectivity index (χ1v) is 6.28. The van der Waals surface area contributed by atoms with Crippen LogP contribution in [0.3, 0.4) is 0 Å². The van der Waals surface area contributed by atoms with E-state index in [4.69, 9.17) is 11.6 Å². The Morgan fingerprint density at radius 3 is 3.00 bits per heavy atom. The minimum atomic E-state index is -0.00924. The minimum Gasteiger partial charge on any atom is -0.359 e. The zero-order chi connectivity index (χ0) is 13.1. The number of nitrogens with zero attached hydrogens (tertiary/aromatic N) is 3. The molecule has 0 spiro atoms. The molecule has 2 aromatic heterocycles. The lowest BCUT2D eigenvalue weighted by Gasteiger charge is -2.06. The molecule has 5 nitrogen and oxygen atoms in total. The van der Waals surface area contributed by atoms with Gasteiger partial charge in [0.1, 0.15) is 11.3 Å². The van der Waals surface area contributed by atoms with Crippen molar-refractivity contribution in [3.8, 4) is 0 Å². The van der Waals surface area contributed by atoms with Gasteiger partial charge in [0.2, 0.25) is 5.91 Å². The number of carbonyl (C=O) groups is 1. The van der Waals surface area contributed by atoms with Crippen LogP contribution in [0.25, 0.3) is 11.2 Å². The van der Waals surface area contributed by atoms with Gasteiger partial charge in [-0.1, -0.05) is 0 Å². The van der Waals surface area contributed by atoms with E-state index in [1.807, 2.05) is 17.6 Å². The second kappa shape index (κ2) is 5.35. The van der Waals surface area contributed by atoms with Crippen LogP contribution in [0.4, 0.5) is 0 Å². The molecular weight excluding hydrogens is 252 g/mol. The fourth-order valence-electron chi connectivity index (χ4n) is 1.86. The van der Waals surface area contributed by atoms with E-state index in [0.29, 0.717) is 18.8 Å². The summed E-state index contributed by atoms with van der Waals surface area (Å²) in [4.78, 5) is 20.1. The lowest BCUT2D eigenvalue weighted by Crippen LogP contribution is -2.20. The van der Waals surface area contributed by atoms with E-state index in [-0.39, 0.29) is 5.91 Å². The van der Waals surface area contributed by atoms with Crippen LogP contribution in [0.2, 0.25) is 0 Å². The van der Waals surface area contributed by atoms with Crippen molar-refractivity contribution in [2.45, 2.75) is 25.8 Å². The maximum atomic E-state index is 11.3. The molecule has 2 heterocycles. The van der Waals surface area contributed by atoms with Crippen LogP contribution < -0.4 is 5.32 Å². The van der Waals surface area contributed by atoms with Gasteiger partial charge < -0.3 is 9.88 Å². The molecule has 0 saturated heterocycles. The molecule has 0 bridgehead atoms. The van der Waals surface area contributed by atoms with Crippen molar-refractivity contribution in [3.05, 3.63) is 23.7 Å². The van der Waals surface area contributed by atoms with Gasteiger partial charge in [0, 0.05) is 26.2 Å². The maximum absolute atomic E-state index is 11.3. The van der Waals surface area contributed by atoms with Crippen molar-refractivity contribution in [3.63, 3.8) is 0 Å². The van der Waals surface area contributed by atoms with Gasteiger partial charge in [0.05, 0.1) is 5.88 Å². The van der Waals surface area contributed by atoms with Gasteiger partial charge in [0.15, 0.2) is 5.65 Å². The Morgan fingerprint density at radius 2 is 2.33 bits per heavy atom. The fraction of sp³-hybridized carbons (Fsp3) is 0.417. The van der Waals surface area contributed by atoms with E-state index in [0.717, 1.165) is 22.6 Å². The number of pyridine rings is 1. The quantitative estimate of drug-likeness (QED) is 0.856. The Labute approximate surface area is 110 Å². The first kappa shape index (κ1) is 12.8. The van der Waals surface area contributed by atoms with Gasteiger partial charge in [-0.15, -0.1) is 11.6 Å². The number of aryl methyl sites for hydroxylation is 2. The van der Waals surface area contributed by atoms with E-state index in [2.05, 4.69) is 15.3 Å². The summed E-state index contributed by atoms with van der Waals surface area (Å²) in [6.07, 6.45) is 2.13. The summed E-state index contributed by atoms with van der Waals surface area (Å²) in [7, 11) is 1.62. The molecule has 0 atom stereocenters. The monoisotopic (exact) mass is 266 g/mol. The van der Waals surface area contributed by atoms with Gasteiger partial charge in [-0.3, -0.25) is 4.79 Å². The SMILES string of the molecule is CNC(=O)CCn1c(CCl)nc2c(C)ccnc21. The van der Waals surface area contributed by atoms with E-state index >= 15 is 0 Å². The third-order valence-corrected chi connectivity index (χ3v) is 3.11. The van der Waals surface area contributed by atoms with Crippen LogP contribution in [-0.4, -0.2) is 27.5 Å². The Balaban J connectivity index is 2.41. The van der Waals surface area contributed by atoms with Gasteiger partial charge in [-0.25, -0.2) is 9.97 Å². The largest absolute Gasteiger partial charge is 0.359 e. The van der Waals surface area contributed by atoms with E-state index < -0.39 is 0 Å². The predicted octanol–water partition coefficient (Wildman–Crippen LogP) is 1.61. The third-order valence-electron chi connectivity index (χ3n) is 2.88. The van der Waals surface area contributed by atoms with Crippen molar-refractivity contribution in [2.75, 3.05) is 7.05 Å². The van der Waals surface area contributed by atoms with Gasteiger partial charge in [-0.2, -0.15) is 0 Å². The molecule has 0 aliphatic rings. The highest BCUT2D eigenvalue weighted by atomic mass is 35.5. The lowest BCUT2D eigenvalue weighted by molar-refractivity contribution is -0.120. The topological polar surface area (TPSA) is 59.8 Å². The summed E-state index contributed by atoms with van der Waals surface area (Å²) in [6, 6.07) is 1.91. The molecule has 96 valence electrons. The van der Waals surface area contributed by atoms with Crippen molar-refractivity contribution in [2.24, 2.45) is 0 Å². The average Bonchev–Trinajstić information content (AvgIpc) is 2.75. The van der Waals surface area contributed by atoms with Crippen LogP contribution >= 0.6 is 11.6 Å². The molecule has 2 rings (SSSR count). The van der Waals surface area contributed by atoms with Crippen LogP contribution in [0.5, 0.6) is 0 Å². The fourth-order valence-corrected chi connectivity index (χ4v) is 2.06. The number of nitrogens with one attached hydrogen (secondary N) is 1. The normalized spacial score (nSPS) is 10.8. The average molecular weight is 267 g/mol. The summed E-state index contributed by atoms with van der Waals surface area (Å²) in [5, 5.41) is 2.60. The van der Waals surface area contributed by atoms with Gasteiger partial charge in [0.25, 0.3) is 0 Å². The Morgan fingerprint density at radius 1 is 1.56 bits per heavy atom. The highest BCUT2D eigenvalue weighted by Crippen LogP contribution is 2.18. The van der Waals surface area contributed by atoms with E-state index in [9.17, 15) is 4.79 Å². The molecule has 0 aromatic carbocycles. The number of halogens is 1. The summed E-state index contributed by atoms with van der Waals surface area (Å²) in [5.41, 5.74) is 2.70. The molecule has 0 radical (unpaired) electrons. The zero-order valence-corrected chi connectivity index (χ0v) is 11.2. The van der Waals surface area contributed by atoms with Crippen LogP contribution in [0, 0.1) is 6.92 Å². The standard InChI is InChI=1S/C12H15ClN4O/c1-8-3-5-15-12-11(8)16-9(7-13)17(12)6-4-10(18)14-2/h3,5H,4,6-7H2,1-2H3,(H,14,18). The second-order valence-corrected chi connectivity index (χ2v) is 4.30. The Hall–Kier alpha value is -1.62. The van der Waals surface area contributed by atoms with Crippen LogP contribution in [0.15, 0.2) is 12.3 Å². The molecule has 6 heteroatoms. The summed E-state index contributed by atoms with van der Waals surface area (Å²) in [5.74, 6) is 1.05. The molecule has 2 aromatic rings. The number of hydrogen-bond donors (Lipinski definition) is 1. The summed E-state index contributed by atoms with van der Waals surface area (Å²) in [6.45, 7) is 2.52. The van der Waals surface area contributed by atoms with Crippen molar-refractivity contribution in [1.29, 1.82) is 0 Å². The number of aromatic nitrogens is 3. The molecule has 1 N–H and O–H groups in total. The predicted molar refractivity (Wildman–Crippen MR) is 70.5 cm³/mol. The molecule has 0 fully saturated rings. The smallest absolute Gasteiger partial charge is 0.221 e. The lowest BCUT2D eigenvalue weighted by atomic mass is 10.3. The second-order valence-electron chi connectivity index (χ2n) is 4.04. The van der Waals surface area contributed by atoms with E-state index in [1.165, 1.54) is 0 Å². The molecule has 1 amide bonds. The highest BCUT2D eigenvalue weighted by molar-refractivity contribution is 6.16. The molecule has 18 heavy (non-hydrogen) atoms. The maximum Gasteiger partial charge on any atom is 0.221 e. The number of hydrogen-bond acceptors (Lipinski definition) is 3. The third kappa shape index (κ3) is 2.31. The molecule has 0 saturated carbocycles. The highest BCUT2D eigenvalue weighted by Gasteiger charge is 2.13. The van der Waals surface area contributed by atoms with E-state index in [1.54, 1.807) is 13.2 Å². The number of fused-ring (bicyclic) bond motifs is 1. The zero-order valence-electron chi connectivity index (χ0n) is 10.4. The summed E-state index contributed by atoms with van der Waals surface area (Å²) >= 11 is 5.89. The van der Waals surface area contributed by atoms with Gasteiger partial charge >= 0.3 is 0 Å². The van der Waals surface area contributed by atoms with Crippen molar-refractivity contribution < 1.29 is 4.79 Å². The first-order valence-electron chi connectivity index (χ1n) is 5.74. The molecule has 0 aliphatic carbocycles. The molecular formula is C12H15ClN4O. The summed E-state index contributed by atoms with van der Waals surface area (Å²) < 4.78 is 1.91. The molecule has 0 unspecified atom stereocenters. The van der Waals surface area contributed by atoms with Crippen molar-refractivity contribution in [1.82, 2.24) is 19.9 Å². The number of rotatable bonds is 4. The van der Waals surface area contributed by atoms with Crippen molar-refractivity contribution >= 4 is 28.7 Å². The number of amides is 1. The first-order chi connectivity index (χ1) is 8.67. The number of alkyl halides is 1. The van der Waals surface area contributed by atoms with Crippen LogP contribution in [-0.2, 0) is 17.2 Å². The minimum absolute atomic E-state index is 0.00924. The van der Waals surface area contributed by atoms with Gasteiger partial charge in [-0.05, 0) is 18.6 Å². The Kier molecular flexibility index (Phi) is 3.81. The molecule has 0 aliphatic heterocycles. The number of imidazole rings is 1. The number of carbonyl (C=O) groups excluding carboxylic acids is 1. The Bertz CT molecular complexity index is 579.